The van der Waals surface area contributed by atoms with Gasteiger partial charge in [0, 0.05) is 16.5 Å². The van der Waals surface area contributed by atoms with Crippen molar-refractivity contribution in [2.75, 3.05) is 19.5 Å². The van der Waals surface area contributed by atoms with Gasteiger partial charge in [0.1, 0.15) is 17.1 Å². The molecule has 1 N–H and O–H groups in total. The minimum absolute atomic E-state index is 0.269. The van der Waals surface area contributed by atoms with Gasteiger partial charge in [0.05, 0.1) is 18.7 Å². The van der Waals surface area contributed by atoms with Crippen LogP contribution in [-0.2, 0) is 0 Å². The van der Waals surface area contributed by atoms with E-state index in [2.05, 4.69) is 21.2 Å². The van der Waals surface area contributed by atoms with E-state index in [4.69, 9.17) is 9.47 Å². The first kappa shape index (κ1) is 16.3. The van der Waals surface area contributed by atoms with E-state index < -0.39 is 0 Å². The summed E-state index contributed by atoms with van der Waals surface area (Å²) in [6.07, 6.45) is 0. The molecule has 0 aliphatic heterocycles. The Bertz CT molecular complexity index is 894. The Labute approximate surface area is 148 Å². The van der Waals surface area contributed by atoms with Crippen molar-refractivity contribution >= 4 is 38.3 Å². The van der Waals surface area contributed by atoms with Crippen LogP contribution in [0.4, 0.5) is 5.69 Å². The lowest BCUT2D eigenvalue weighted by Crippen LogP contribution is -2.14. The molecule has 24 heavy (non-hydrogen) atoms. The summed E-state index contributed by atoms with van der Waals surface area (Å²) in [6.45, 7) is 0. The van der Waals surface area contributed by atoms with Crippen molar-refractivity contribution in [3.63, 3.8) is 0 Å². The number of benzene rings is 3. The number of carbonyl (C=O) groups excluding carboxylic acids is 1. The highest BCUT2D eigenvalue weighted by molar-refractivity contribution is 9.10. The highest BCUT2D eigenvalue weighted by atomic mass is 79.9. The number of carbonyl (C=O) groups is 1. The number of para-hydroxylation sites is 1. The first-order valence-electron chi connectivity index (χ1n) is 7.36. The molecule has 5 heteroatoms. The molecule has 0 heterocycles. The van der Waals surface area contributed by atoms with Gasteiger partial charge in [-0.1, -0.05) is 42.5 Å². The van der Waals surface area contributed by atoms with Gasteiger partial charge in [-0.15, -0.1) is 0 Å². The SMILES string of the molecule is COc1c(Br)c(C(=O)Nc2ccccc2)c(OC)c2ccccc12. The number of hydrogen-bond donors (Lipinski definition) is 1. The van der Waals surface area contributed by atoms with Crippen molar-refractivity contribution in [3.05, 3.63) is 64.6 Å². The minimum atomic E-state index is -0.269. The molecule has 122 valence electrons. The summed E-state index contributed by atoms with van der Waals surface area (Å²) in [4.78, 5) is 12.8. The largest absolute Gasteiger partial charge is 0.495 e. The molecule has 0 atom stereocenters. The van der Waals surface area contributed by atoms with Crippen LogP contribution in [0.2, 0.25) is 0 Å². The Morgan fingerprint density at radius 1 is 0.875 bits per heavy atom. The predicted molar refractivity (Wildman–Crippen MR) is 99.1 cm³/mol. The quantitative estimate of drug-likeness (QED) is 0.696. The Hall–Kier alpha value is -2.53. The number of hydrogen-bond acceptors (Lipinski definition) is 3. The molecule has 0 bridgehead atoms. The van der Waals surface area contributed by atoms with Crippen LogP contribution in [0.1, 0.15) is 10.4 Å². The van der Waals surface area contributed by atoms with E-state index in [1.807, 2.05) is 54.6 Å². The second-order valence-electron chi connectivity index (χ2n) is 5.12. The average molecular weight is 386 g/mol. The number of ether oxygens (including phenoxy) is 2. The van der Waals surface area contributed by atoms with E-state index in [0.717, 1.165) is 10.8 Å². The summed E-state index contributed by atoms with van der Waals surface area (Å²) in [5.41, 5.74) is 1.11. The molecule has 0 saturated carbocycles. The number of amides is 1. The molecular formula is C19H16BrNO3. The van der Waals surface area contributed by atoms with Gasteiger partial charge in [0.25, 0.3) is 5.91 Å². The van der Waals surface area contributed by atoms with E-state index in [-0.39, 0.29) is 5.91 Å². The third-order valence-corrected chi connectivity index (χ3v) is 4.49. The Balaban J connectivity index is 2.19. The van der Waals surface area contributed by atoms with Gasteiger partial charge in [-0.25, -0.2) is 0 Å². The fourth-order valence-electron chi connectivity index (χ4n) is 2.67. The monoisotopic (exact) mass is 385 g/mol. The normalized spacial score (nSPS) is 10.5. The van der Waals surface area contributed by atoms with Crippen LogP contribution in [0.25, 0.3) is 10.8 Å². The van der Waals surface area contributed by atoms with Gasteiger partial charge in [0.2, 0.25) is 0 Å². The van der Waals surface area contributed by atoms with Crippen LogP contribution < -0.4 is 14.8 Å². The Kier molecular flexibility index (Phi) is 4.71. The molecule has 0 unspecified atom stereocenters. The second kappa shape index (κ2) is 6.93. The third-order valence-electron chi connectivity index (χ3n) is 3.73. The lowest BCUT2D eigenvalue weighted by Gasteiger charge is -2.17. The first-order valence-corrected chi connectivity index (χ1v) is 8.15. The Morgan fingerprint density at radius 2 is 1.42 bits per heavy atom. The van der Waals surface area contributed by atoms with E-state index in [9.17, 15) is 4.79 Å². The first-order chi connectivity index (χ1) is 11.7. The van der Waals surface area contributed by atoms with E-state index in [1.54, 1.807) is 14.2 Å². The number of anilines is 1. The maximum Gasteiger partial charge on any atom is 0.260 e. The lowest BCUT2D eigenvalue weighted by molar-refractivity contribution is 0.102. The summed E-state index contributed by atoms with van der Waals surface area (Å²) >= 11 is 3.50. The minimum Gasteiger partial charge on any atom is -0.495 e. The zero-order chi connectivity index (χ0) is 17.1. The van der Waals surface area contributed by atoms with Crippen LogP contribution in [0.3, 0.4) is 0 Å². The fraction of sp³-hybridized carbons (Fsp3) is 0.105. The van der Waals surface area contributed by atoms with Crippen molar-refractivity contribution in [1.82, 2.24) is 0 Å². The molecule has 0 aliphatic carbocycles. The summed E-state index contributed by atoms with van der Waals surface area (Å²) in [5.74, 6) is 0.838. The molecule has 1 amide bonds. The summed E-state index contributed by atoms with van der Waals surface area (Å²) < 4.78 is 11.6. The summed E-state index contributed by atoms with van der Waals surface area (Å²) in [5, 5.41) is 4.58. The molecule has 3 aromatic rings. The van der Waals surface area contributed by atoms with E-state index >= 15 is 0 Å². The van der Waals surface area contributed by atoms with Crippen LogP contribution in [0.15, 0.2) is 59.1 Å². The predicted octanol–water partition coefficient (Wildman–Crippen LogP) is 4.87. The van der Waals surface area contributed by atoms with Gasteiger partial charge in [-0.05, 0) is 28.1 Å². The molecule has 0 aromatic heterocycles. The highest BCUT2D eigenvalue weighted by Crippen LogP contribution is 2.43. The lowest BCUT2D eigenvalue weighted by atomic mass is 10.0. The number of methoxy groups -OCH3 is 2. The maximum atomic E-state index is 12.8. The fourth-order valence-corrected chi connectivity index (χ4v) is 3.41. The number of rotatable bonds is 4. The molecule has 3 rings (SSSR count). The summed E-state index contributed by atoms with van der Waals surface area (Å²) in [7, 11) is 3.14. The van der Waals surface area contributed by atoms with Gasteiger partial charge in [0.15, 0.2) is 0 Å². The molecule has 0 aliphatic rings. The van der Waals surface area contributed by atoms with E-state index in [0.29, 0.717) is 27.2 Å². The topological polar surface area (TPSA) is 47.6 Å². The van der Waals surface area contributed by atoms with Crippen LogP contribution in [0, 0.1) is 0 Å². The summed E-state index contributed by atoms with van der Waals surface area (Å²) in [6, 6.07) is 16.9. The molecular weight excluding hydrogens is 370 g/mol. The zero-order valence-corrected chi connectivity index (χ0v) is 14.9. The molecule has 3 aromatic carbocycles. The highest BCUT2D eigenvalue weighted by Gasteiger charge is 2.24. The van der Waals surface area contributed by atoms with Crippen LogP contribution in [-0.4, -0.2) is 20.1 Å². The van der Waals surface area contributed by atoms with Gasteiger partial charge >= 0.3 is 0 Å². The van der Waals surface area contributed by atoms with Gasteiger partial charge in [-0.2, -0.15) is 0 Å². The van der Waals surface area contributed by atoms with Crippen molar-refractivity contribution in [2.45, 2.75) is 0 Å². The average Bonchev–Trinajstić information content (AvgIpc) is 2.61. The van der Waals surface area contributed by atoms with Crippen LogP contribution in [0.5, 0.6) is 11.5 Å². The smallest absolute Gasteiger partial charge is 0.260 e. The van der Waals surface area contributed by atoms with Crippen molar-refractivity contribution in [1.29, 1.82) is 0 Å². The van der Waals surface area contributed by atoms with Crippen molar-refractivity contribution in [2.24, 2.45) is 0 Å². The number of halogens is 1. The van der Waals surface area contributed by atoms with E-state index in [1.165, 1.54) is 0 Å². The second-order valence-corrected chi connectivity index (χ2v) is 5.91. The molecule has 0 spiro atoms. The maximum absolute atomic E-state index is 12.8. The third kappa shape index (κ3) is 2.83. The van der Waals surface area contributed by atoms with Crippen molar-refractivity contribution < 1.29 is 14.3 Å². The molecule has 0 fully saturated rings. The van der Waals surface area contributed by atoms with Crippen LogP contribution >= 0.6 is 15.9 Å². The van der Waals surface area contributed by atoms with Gasteiger partial charge < -0.3 is 14.8 Å². The zero-order valence-electron chi connectivity index (χ0n) is 13.3. The Morgan fingerprint density at radius 3 is 2.00 bits per heavy atom. The molecule has 0 saturated heterocycles. The van der Waals surface area contributed by atoms with Gasteiger partial charge in [-0.3, -0.25) is 4.79 Å². The number of fused-ring (bicyclic) bond motifs is 1. The van der Waals surface area contributed by atoms with Crippen molar-refractivity contribution in [3.8, 4) is 11.5 Å². The standard InChI is InChI=1S/C19H16BrNO3/c1-23-17-13-10-6-7-11-14(13)18(24-2)16(20)15(17)19(22)21-12-8-4-3-5-9-12/h3-11H,1-2H3,(H,21,22). The molecule has 0 radical (unpaired) electrons. The molecule has 4 nitrogen and oxygen atoms in total. The number of nitrogens with one attached hydrogen (secondary N) is 1.